The number of benzene rings is 1. The Kier molecular flexibility index (Phi) is 3.62. The molecule has 0 radical (unpaired) electrons. The van der Waals surface area contributed by atoms with Crippen LogP contribution in [0.1, 0.15) is 37.3 Å². The summed E-state index contributed by atoms with van der Waals surface area (Å²) in [6.45, 7) is 1.65. The predicted molar refractivity (Wildman–Crippen MR) is 69.2 cm³/mol. The molecule has 1 aliphatic carbocycles. The van der Waals surface area contributed by atoms with Crippen LogP contribution in [0.5, 0.6) is 5.75 Å². The van der Waals surface area contributed by atoms with Gasteiger partial charge in [-0.1, -0.05) is 12.1 Å². The Morgan fingerprint density at radius 2 is 2.24 bits per heavy atom. The molecule has 17 heavy (non-hydrogen) atoms. The minimum absolute atomic E-state index is 0.256. The molecule has 2 nitrogen and oxygen atoms in total. The van der Waals surface area contributed by atoms with Gasteiger partial charge < -0.3 is 9.53 Å². The zero-order valence-corrected chi connectivity index (χ0v) is 10.5. The molecule has 1 aromatic rings. The maximum Gasteiger partial charge on any atom is 0.130 e. The van der Waals surface area contributed by atoms with E-state index in [-0.39, 0.29) is 5.78 Å². The molecule has 0 unspecified atom stereocenters. The summed E-state index contributed by atoms with van der Waals surface area (Å²) < 4.78 is 5.24. The van der Waals surface area contributed by atoms with E-state index in [0.29, 0.717) is 6.42 Å². The molecule has 0 bridgehead atoms. The smallest absolute Gasteiger partial charge is 0.130 e. The molecule has 0 aliphatic heterocycles. The highest BCUT2D eigenvalue weighted by atomic mass is 16.5. The largest absolute Gasteiger partial charge is 0.497 e. The fourth-order valence-corrected chi connectivity index (χ4v) is 2.28. The summed E-state index contributed by atoms with van der Waals surface area (Å²) in [5, 5.41) is 0. The number of ketones is 1. The maximum absolute atomic E-state index is 11.1. The Labute approximate surface area is 102 Å². The molecular weight excluding hydrogens is 212 g/mol. The zero-order valence-electron chi connectivity index (χ0n) is 10.5. The van der Waals surface area contributed by atoms with Gasteiger partial charge in [0.15, 0.2) is 0 Å². The lowest BCUT2D eigenvalue weighted by Gasteiger charge is -2.18. The van der Waals surface area contributed by atoms with Crippen LogP contribution in [-0.4, -0.2) is 12.9 Å². The number of carbonyl (C=O) groups excluding carboxylic acids is 1. The number of hydrogen-bond acceptors (Lipinski definition) is 2. The highest BCUT2D eigenvalue weighted by Crippen LogP contribution is 2.32. The summed E-state index contributed by atoms with van der Waals surface area (Å²) in [6, 6.07) is 6.21. The molecule has 0 aromatic heterocycles. The summed E-state index contributed by atoms with van der Waals surface area (Å²) in [4.78, 5) is 11.1. The van der Waals surface area contributed by atoms with Crippen molar-refractivity contribution < 1.29 is 9.53 Å². The quantitative estimate of drug-likeness (QED) is 0.792. The lowest BCUT2D eigenvalue weighted by Crippen LogP contribution is -2.02. The molecule has 0 fully saturated rings. The van der Waals surface area contributed by atoms with E-state index in [1.807, 2.05) is 6.07 Å². The molecule has 0 heterocycles. The fourth-order valence-electron chi connectivity index (χ4n) is 2.28. The first-order valence-electron chi connectivity index (χ1n) is 6.06. The summed E-state index contributed by atoms with van der Waals surface area (Å²) in [5.41, 5.74) is 3.94. The Balaban J connectivity index is 2.22. The normalized spacial score (nSPS) is 13.9. The number of aryl methyl sites for hydroxylation is 1. The van der Waals surface area contributed by atoms with Gasteiger partial charge in [-0.3, -0.25) is 0 Å². The van der Waals surface area contributed by atoms with Crippen LogP contribution in [-0.2, 0) is 11.2 Å². The summed E-state index contributed by atoms with van der Waals surface area (Å²) in [6.07, 6.45) is 5.88. The van der Waals surface area contributed by atoms with Crippen LogP contribution in [0.25, 0.3) is 5.57 Å². The van der Waals surface area contributed by atoms with Crippen molar-refractivity contribution >= 4 is 11.4 Å². The highest BCUT2D eigenvalue weighted by Gasteiger charge is 2.13. The number of hydrogen-bond donors (Lipinski definition) is 0. The number of Topliss-reactive ketones (excluding diaryl/α,β-unsaturated/α-hetero) is 1. The van der Waals surface area contributed by atoms with E-state index in [0.717, 1.165) is 25.0 Å². The molecule has 0 N–H and O–H groups in total. The second-order valence-corrected chi connectivity index (χ2v) is 4.49. The SMILES string of the molecule is COc1ccc2c(c1)CCC=C2CCC(C)=O. The number of methoxy groups -OCH3 is 1. The monoisotopic (exact) mass is 230 g/mol. The highest BCUT2D eigenvalue weighted by molar-refractivity contribution is 5.79. The number of allylic oxidation sites excluding steroid dienone is 2. The average molecular weight is 230 g/mol. The molecule has 0 saturated heterocycles. The number of fused-ring (bicyclic) bond motifs is 1. The van der Waals surface area contributed by atoms with Crippen molar-refractivity contribution in [2.75, 3.05) is 7.11 Å². The van der Waals surface area contributed by atoms with Crippen molar-refractivity contribution in [3.8, 4) is 5.75 Å². The van der Waals surface area contributed by atoms with Crippen molar-refractivity contribution in [2.24, 2.45) is 0 Å². The van der Waals surface area contributed by atoms with Crippen molar-refractivity contribution in [1.82, 2.24) is 0 Å². The summed E-state index contributed by atoms with van der Waals surface area (Å²) >= 11 is 0. The molecule has 2 rings (SSSR count). The van der Waals surface area contributed by atoms with E-state index in [1.54, 1.807) is 14.0 Å². The second kappa shape index (κ2) is 5.17. The van der Waals surface area contributed by atoms with Crippen LogP contribution in [0.3, 0.4) is 0 Å². The zero-order chi connectivity index (χ0) is 12.3. The van der Waals surface area contributed by atoms with Gasteiger partial charge in [0.05, 0.1) is 7.11 Å². The van der Waals surface area contributed by atoms with Gasteiger partial charge in [0.2, 0.25) is 0 Å². The fraction of sp³-hybridized carbons (Fsp3) is 0.400. The number of carbonyl (C=O) groups is 1. The van der Waals surface area contributed by atoms with Crippen molar-refractivity contribution in [3.05, 3.63) is 35.4 Å². The van der Waals surface area contributed by atoms with Crippen LogP contribution in [0, 0.1) is 0 Å². The number of ether oxygens (including phenoxy) is 1. The summed E-state index contributed by atoms with van der Waals surface area (Å²) in [5.74, 6) is 1.17. The Morgan fingerprint density at radius 3 is 2.94 bits per heavy atom. The lowest BCUT2D eigenvalue weighted by atomic mass is 9.88. The lowest BCUT2D eigenvalue weighted by molar-refractivity contribution is -0.116. The van der Waals surface area contributed by atoms with Gasteiger partial charge in [-0.05, 0) is 55.0 Å². The average Bonchev–Trinajstić information content (AvgIpc) is 2.35. The molecule has 1 aliphatic rings. The van der Waals surface area contributed by atoms with Crippen molar-refractivity contribution in [2.45, 2.75) is 32.6 Å². The van der Waals surface area contributed by atoms with E-state index in [1.165, 1.54) is 16.7 Å². The Hall–Kier alpha value is -1.57. The first kappa shape index (κ1) is 11.9. The topological polar surface area (TPSA) is 26.3 Å². The molecule has 90 valence electrons. The Morgan fingerprint density at radius 1 is 1.41 bits per heavy atom. The van der Waals surface area contributed by atoms with E-state index in [2.05, 4.69) is 18.2 Å². The van der Waals surface area contributed by atoms with E-state index in [9.17, 15) is 4.79 Å². The molecule has 1 aromatic carbocycles. The van der Waals surface area contributed by atoms with Crippen LogP contribution in [0.4, 0.5) is 0 Å². The Bertz CT molecular complexity index is 458. The van der Waals surface area contributed by atoms with Gasteiger partial charge in [0.25, 0.3) is 0 Å². The molecular formula is C15H18O2. The molecule has 0 atom stereocenters. The van der Waals surface area contributed by atoms with Gasteiger partial charge in [0, 0.05) is 6.42 Å². The molecule has 0 saturated carbocycles. The van der Waals surface area contributed by atoms with Gasteiger partial charge >= 0.3 is 0 Å². The first-order valence-corrected chi connectivity index (χ1v) is 6.06. The predicted octanol–water partition coefficient (Wildman–Crippen LogP) is 3.39. The van der Waals surface area contributed by atoms with Crippen molar-refractivity contribution in [1.29, 1.82) is 0 Å². The van der Waals surface area contributed by atoms with Gasteiger partial charge in [-0.25, -0.2) is 0 Å². The maximum atomic E-state index is 11.1. The van der Waals surface area contributed by atoms with Crippen LogP contribution < -0.4 is 4.74 Å². The third kappa shape index (κ3) is 2.76. The third-order valence-electron chi connectivity index (χ3n) is 3.21. The van der Waals surface area contributed by atoms with E-state index < -0.39 is 0 Å². The van der Waals surface area contributed by atoms with Gasteiger partial charge in [0.1, 0.15) is 11.5 Å². The molecule has 2 heteroatoms. The van der Waals surface area contributed by atoms with E-state index >= 15 is 0 Å². The first-order chi connectivity index (χ1) is 8.20. The minimum atomic E-state index is 0.256. The number of rotatable bonds is 4. The van der Waals surface area contributed by atoms with Crippen LogP contribution in [0.2, 0.25) is 0 Å². The second-order valence-electron chi connectivity index (χ2n) is 4.49. The molecule has 0 amide bonds. The standard InChI is InChI=1S/C15H18O2/c1-11(16)6-7-12-4-3-5-13-10-14(17-2)8-9-15(12)13/h4,8-10H,3,5-7H2,1-2H3. The summed E-state index contributed by atoms with van der Waals surface area (Å²) in [7, 11) is 1.69. The minimum Gasteiger partial charge on any atom is -0.497 e. The third-order valence-corrected chi connectivity index (χ3v) is 3.21. The van der Waals surface area contributed by atoms with E-state index in [4.69, 9.17) is 4.74 Å². The van der Waals surface area contributed by atoms with Crippen LogP contribution >= 0.6 is 0 Å². The van der Waals surface area contributed by atoms with Crippen molar-refractivity contribution in [3.63, 3.8) is 0 Å². The van der Waals surface area contributed by atoms with Crippen LogP contribution in [0.15, 0.2) is 24.3 Å². The molecule has 0 spiro atoms. The van der Waals surface area contributed by atoms with Gasteiger partial charge in [-0.2, -0.15) is 0 Å². The van der Waals surface area contributed by atoms with Gasteiger partial charge in [-0.15, -0.1) is 0 Å².